The third-order valence-corrected chi connectivity index (χ3v) is 4.74. The number of nitrogens with zero attached hydrogens (tertiary/aromatic N) is 1. The average molecular weight is 418 g/mol. The molecular weight excluding hydrogens is 397 g/mol. The van der Waals surface area contributed by atoms with E-state index in [4.69, 9.17) is 5.73 Å². The Balaban J connectivity index is 0.00000128. The van der Waals surface area contributed by atoms with E-state index in [1.54, 1.807) is 24.3 Å². The first-order valence-electron chi connectivity index (χ1n) is 6.37. The molecule has 4 nitrogen and oxygen atoms in total. The fraction of sp³-hybridized carbons (Fsp3) is 0.500. The number of hydrogen-bond acceptors (Lipinski definition) is 2. The summed E-state index contributed by atoms with van der Waals surface area (Å²) in [6.45, 7) is 1.91. The molecule has 1 aliphatic rings. The van der Waals surface area contributed by atoms with E-state index in [2.05, 4.69) is 14.4 Å². The summed E-state index contributed by atoms with van der Waals surface area (Å²) in [6, 6.07) is 5.94. The Kier molecular flexibility index (Phi) is 9.91. The Morgan fingerprint density at radius 1 is 1.19 bits per heavy atom. The van der Waals surface area contributed by atoms with Gasteiger partial charge in [-0.15, -0.1) is 6.04 Å². The molecule has 1 aromatic carbocycles. The van der Waals surface area contributed by atoms with Gasteiger partial charge in [0.1, 0.15) is 10.0 Å². The Labute approximate surface area is 142 Å². The zero-order chi connectivity index (χ0) is 15.2. The summed E-state index contributed by atoms with van der Waals surface area (Å²) in [5.41, 5.74) is 8.87. The first-order valence-corrected chi connectivity index (χ1v) is 10.0. The molecule has 0 spiro atoms. The number of sulfonamides is 1. The van der Waals surface area contributed by atoms with Crippen LogP contribution in [-0.4, -0.2) is 20.5 Å². The number of rotatable bonds is 3. The second kappa shape index (κ2) is 9.91. The van der Waals surface area contributed by atoms with Gasteiger partial charge in [0.25, 0.3) is 0 Å². The van der Waals surface area contributed by atoms with Crippen molar-refractivity contribution in [2.24, 2.45) is 0 Å². The van der Waals surface area contributed by atoms with Crippen LogP contribution >= 0.6 is 9.69 Å². The molecule has 1 unspecified atom stereocenters. The molecule has 0 radical (unpaired) electrons. The summed E-state index contributed by atoms with van der Waals surface area (Å²) in [5, 5.41) is 0. The van der Waals surface area contributed by atoms with Crippen molar-refractivity contribution in [3.8, 4) is 0 Å². The van der Waals surface area contributed by atoms with Crippen molar-refractivity contribution in [3.63, 3.8) is 0 Å². The van der Waals surface area contributed by atoms with Crippen LogP contribution in [0.4, 0.5) is 0 Å². The summed E-state index contributed by atoms with van der Waals surface area (Å²) in [6.07, 6.45) is 3.43. The zero-order valence-corrected chi connectivity index (χ0v) is 15.5. The van der Waals surface area contributed by atoms with E-state index in [9.17, 15) is 8.42 Å². The summed E-state index contributed by atoms with van der Waals surface area (Å²) in [7, 11) is 0.964. The second-order valence-electron chi connectivity index (χ2n) is 4.85. The van der Waals surface area contributed by atoms with E-state index in [-0.39, 0.29) is 24.4 Å². The molecule has 7 heteroatoms. The summed E-state index contributed by atoms with van der Waals surface area (Å²) < 4.78 is 28.1. The maximum absolute atomic E-state index is 12.1. The van der Waals surface area contributed by atoms with Crippen molar-refractivity contribution in [2.45, 2.75) is 49.6 Å². The standard InChI is InChI=1S/C13H18N2O2S.CH3.ClH.Ru/c1-10-6-8-11(9-7-10)18(16,17)15-13-5-3-2-4-12(13)14;;;/h6-9,12-14H,2-5H2,1H3;1H3;1H;/q-2;-1;;+4/p-1/t12-,13?;;;/m0.../s1. The third-order valence-electron chi connectivity index (χ3n) is 3.32. The summed E-state index contributed by atoms with van der Waals surface area (Å²) in [5.74, 6) is 0. The van der Waals surface area contributed by atoms with Crippen LogP contribution in [0, 0.1) is 14.4 Å². The van der Waals surface area contributed by atoms with E-state index in [1.807, 2.05) is 24.2 Å². The van der Waals surface area contributed by atoms with Crippen LogP contribution in [0.25, 0.3) is 10.5 Å². The Hall–Kier alpha value is 0.00338. The van der Waals surface area contributed by atoms with Crippen LogP contribution in [0.2, 0.25) is 0 Å². The molecular formula is C14H21ClN2O2RuS. The quantitative estimate of drug-likeness (QED) is 0.534. The zero-order valence-electron chi connectivity index (χ0n) is 12.2. The number of hydrogen-bond donors (Lipinski definition) is 0. The molecule has 1 aromatic rings. The van der Waals surface area contributed by atoms with Gasteiger partial charge in [-0.3, -0.25) is 0 Å². The van der Waals surface area contributed by atoms with Crippen LogP contribution in [0.1, 0.15) is 31.2 Å². The molecule has 120 valence electrons. The number of benzene rings is 1. The van der Waals surface area contributed by atoms with Gasteiger partial charge in [0.15, 0.2) is 0 Å². The van der Waals surface area contributed by atoms with Gasteiger partial charge in [-0.25, -0.2) is 8.42 Å². The van der Waals surface area contributed by atoms with Crippen LogP contribution < -0.4 is 0 Å². The summed E-state index contributed by atoms with van der Waals surface area (Å²) >= 11 is 1.82. The average Bonchev–Trinajstić information content (AvgIpc) is 2.44. The fourth-order valence-corrected chi connectivity index (χ4v) is 3.40. The van der Waals surface area contributed by atoms with Gasteiger partial charge in [0.2, 0.25) is 0 Å². The van der Waals surface area contributed by atoms with Gasteiger partial charge in [0, 0.05) is 4.90 Å². The first-order chi connectivity index (χ1) is 9.49. The molecule has 0 amide bonds. The predicted molar refractivity (Wildman–Crippen MR) is 84.4 cm³/mol. The van der Waals surface area contributed by atoms with Gasteiger partial charge in [-0.2, -0.15) is 6.04 Å². The Morgan fingerprint density at radius 3 is 2.24 bits per heavy atom. The molecule has 0 aliphatic heterocycles. The Morgan fingerprint density at radius 2 is 1.71 bits per heavy atom. The van der Waals surface area contributed by atoms with Crippen LogP contribution in [0.5, 0.6) is 0 Å². The van der Waals surface area contributed by atoms with Crippen molar-refractivity contribution in [1.82, 2.24) is 0 Å². The molecule has 1 saturated carbocycles. The number of aryl methyl sites for hydroxylation is 1. The number of nitrogens with one attached hydrogen (secondary N) is 1. The molecule has 1 fully saturated rings. The van der Waals surface area contributed by atoms with E-state index >= 15 is 0 Å². The summed E-state index contributed by atoms with van der Waals surface area (Å²) in [4.78, 5) is 0.228. The second-order valence-corrected chi connectivity index (χ2v) is 6.48. The molecule has 0 saturated heterocycles. The SMILES string of the molecule is Cc1ccc(S(=O)(=O)[N-]C2CCCC[C@@H]2[NH-])cc1.[CH3-].[Cl][Ru+3]. The van der Waals surface area contributed by atoms with E-state index in [1.165, 1.54) is 0 Å². The molecule has 0 bridgehead atoms. The minimum atomic E-state index is -3.60. The van der Waals surface area contributed by atoms with Gasteiger partial charge in [-0.1, -0.05) is 43.4 Å². The predicted octanol–water partition coefficient (Wildman–Crippen LogP) is 4.56. The van der Waals surface area contributed by atoms with E-state index in [0.29, 0.717) is 6.42 Å². The molecule has 0 aromatic heterocycles. The Bertz CT molecular complexity index is 508. The van der Waals surface area contributed by atoms with Crippen LogP contribution in [0.3, 0.4) is 0 Å². The van der Waals surface area contributed by atoms with Gasteiger partial charge < -0.3 is 17.9 Å². The van der Waals surface area contributed by atoms with Gasteiger partial charge in [-0.05, 0) is 19.1 Å². The van der Waals surface area contributed by atoms with Gasteiger partial charge >= 0.3 is 27.0 Å². The van der Waals surface area contributed by atoms with Crippen LogP contribution in [0.15, 0.2) is 29.2 Å². The van der Waals surface area contributed by atoms with Crippen molar-refractivity contribution in [1.29, 1.82) is 0 Å². The molecule has 2 atom stereocenters. The molecule has 2 rings (SSSR count). The van der Waals surface area contributed by atoms with Crippen LogP contribution in [-0.2, 0) is 27.3 Å². The molecule has 21 heavy (non-hydrogen) atoms. The molecule has 1 aliphatic carbocycles. The third kappa shape index (κ3) is 6.33. The van der Waals surface area contributed by atoms with E-state index in [0.717, 1.165) is 24.8 Å². The first kappa shape index (κ1) is 21.0. The van der Waals surface area contributed by atoms with Gasteiger partial charge in [0.05, 0.1) is 0 Å². The molecule has 0 heterocycles. The molecule has 1 N–H and O–H groups in total. The maximum atomic E-state index is 12.1. The van der Waals surface area contributed by atoms with Crippen molar-refractivity contribution >= 4 is 19.7 Å². The van der Waals surface area contributed by atoms with Crippen molar-refractivity contribution in [3.05, 3.63) is 47.7 Å². The normalized spacial score (nSPS) is 21.7. The fourth-order valence-electron chi connectivity index (χ4n) is 2.19. The number of halogens is 1. The minimum absolute atomic E-state index is 0. The van der Waals surface area contributed by atoms with Crippen molar-refractivity contribution < 1.29 is 25.7 Å². The van der Waals surface area contributed by atoms with Crippen molar-refractivity contribution in [2.75, 3.05) is 0 Å². The monoisotopic (exact) mass is 418 g/mol. The van der Waals surface area contributed by atoms with E-state index < -0.39 is 10.0 Å². The topological polar surface area (TPSA) is 72.0 Å².